The fraction of sp³-hybridized carbons (Fsp3) is 0.520. The SMILES string of the molecule is C=C/C(C)=C\C/C=C\C(C)F.CC.CCN1CCC(Nc2ncnc3sccc23)CC1. The Kier molecular flexibility index (Phi) is 13.7. The molecule has 1 aliphatic heterocycles. The maximum atomic E-state index is 12.2. The summed E-state index contributed by atoms with van der Waals surface area (Å²) >= 11 is 1.67. The van der Waals surface area contributed by atoms with E-state index in [2.05, 4.69) is 45.1 Å². The quantitative estimate of drug-likeness (QED) is 0.366. The van der Waals surface area contributed by atoms with Gasteiger partial charge in [-0.15, -0.1) is 11.3 Å². The van der Waals surface area contributed by atoms with Gasteiger partial charge < -0.3 is 10.2 Å². The van der Waals surface area contributed by atoms with Crippen LogP contribution in [0.4, 0.5) is 10.2 Å². The van der Waals surface area contributed by atoms with Crippen LogP contribution in [-0.4, -0.2) is 46.7 Å². The van der Waals surface area contributed by atoms with Crippen molar-refractivity contribution in [1.29, 1.82) is 0 Å². The fourth-order valence-electron chi connectivity index (χ4n) is 3.10. The third kappa shape index (κ3) is 10.2. The lowest BCUT2D eigenvalue weighted by Crippen LogP contribution is -2.39. The standard InChI is InChI=1S/C13H18N4S.C10H15F.C2H6/c1-2-17-6-3-10(4-7-17)16-12-11-5-8-18-13(11)15-9-14-12;1-4-9(2)7-5-6-8-10(3)11;1-2/h5,8-10H,2-4,6-7H2,1H3,(H,14,15,16);4,6-8,10H,1,5H2,2-3H3;1-2H3/b;8-6-,9-7-;. The summed E-state index contributed by atoms with van der Waals surface area (Å²) in [5, 5.41) is 6.81. The number of allylic oxidation sites excluding steroid dienone is 5. The van der Waals surface area contributed by atoms with Crippen molar-refractivity contribution in [2.24, 2.45) is 0 Å². The van der Waals surface area contributed by atoms with E-state index in [0.29, 0.717) is 6.04 Å². The minimum atomic E-state index is -0.840. The second-order valence-electron chi connectivity index (χ2n) is 7.21. The van der Waals surface area contributed by atoms with Gasteiger partial charge in [-0.05, 0) is 51.1 Å². The van der Waals surface area contributed by atoms with Gasteiger partial charge in [-0.25, -0.2) is 14.4 Å². The molecule has 0 spiro atoms. The molecule has 3 heterocycles. The zero-order valence-electron chi connectivity index (χ0n) is 19.8. The van der Waals surface area contributed by atoms with Crippen molar-refractivity contribution in [3.05, 3.63) is 54.2 Å². The first kappa shape index (κ1) is 27.0. The van der Waals surface area contributed by atoms with Crippen LogP contribution in [0.15, 0.2) is 54.2 Å². The molecule has 1 fully saturated rings. The smallest absolute Gasteiger partial charge is 0.138 e. The Morgan fingerprint density at radius 1 is 1.35 bits per heavy atom. The largest absolute Gasteiger partial charge is 0.367 e. The first-order valence-electron chi connectivity index (χ1n) is 11.3. The monoisotopic (exact) mass is 446 g/mol. The molecular formula is C25H39FN4S. The second-order valence-corrected chi connectivity index (χ2v) is 8.10. The molecule has 4 nitrogen and oxygen atoms in total. The second kappa shape index (κ2) is 15.7. The van der Waals surface area contributed by atoms with Crippen molar-refractivity contribution >= 4 is 27.4 Å². The Morgan fingerprint density at radius 3 is 2.68 bits per heavy atom. The highest BCUT2D eigenvalue weighted by molar-refractivity contribution is 7.16. The van der Waals surface area contributed by atoms with Crippen LogP contribution in [-0.2, 0) is 0 Å². The molecule has 0 aromatic carbocycles. The summed E-state index contributed by atoms with van der Waals surface area (Å²) in [5.41, 5.74) is 1.13. The summed E-state index contributed by atoms with van der Waals surface area (Å²) in [6.07, 6.45) is 11.2. The van der Waals surface area contributed by atoms with Crippen molar-refractivity contribution in [3.8, 4) is 0 Å². The van der Waals surface area contributed by atoms with E-state index >= 15 is 0 Å². The number of nitrogens with zero attached hydrogens (tertiary/aromatic N) is 3. The lowest BCUT2D eigenvalue weighted by molar-refractivity contribution is 0.229. The zero-order valence-corrected chi connectivity index (χ0v) is 20.6. The van der Waals surface area contributed by atoms with E-state index in [1.165, 1.54) is 32.9 Å². The molecule has 2 aromatic heterocycles. The number of alkyl halides is 1. The number of fused-ring (bicyclic) bond motifs is 1. The number of piperidine rings is 1. The van der Waals surface area contributed by atoms with Crippen LogP contribution in [0.1, 0.15) is 53.9 Å². The Hall–Kier alpha value is -2.05. The summed E-state index contributed by atoms with van der Waals surface area (Å²) < 4.78 is 12.2. The van der Waals surface area contributed by atoms with Crippen LogP contribution < -0.4 is 5.32 Å². The molecule has 1 saturated heterocycles. The molecule has 0 radical (unpaired) electrons. The van der Waals surface area contributed by atoms with Crippen LogP contribution in [0.25, 0.3) is 10.2 Å². The average Bonchev–Trinajstić information content (AvgIpc) is 3.29. The average molecular weight is 447 g/mol. The van der Waals surface area contributed by atoms with Crippen molar-refractivity contribution in [1.82, 2.24) is 14.9 Å². The van der Waals surface area contributed by atoms with E-state index in [4.69, 9.17) is 0 Å². The van der Waals surface area contributed by atoms with Crippen molar-refractivity contribution in [2.75, 3.05) is 25.0 Å². The highest BCUT2D eigenvalue weighted by atomic mass is 32.1. The van der Waals surface area contributed by atoms with Crippen molar-refractivity contribution in [3.63, 3.8) is 0 Å². The molecule has 1 aliphatic rings. The maximum Gasteiger partial charge on any atom is 0.138 e. The van der Waals surface area contributed by atoms with E-state index in [0.717, 1.165) is 34.6 Å². The summed E-state index contributed by atoms with van der Waals surface area (Å²) in [7, 11) is 0. The molecule has 1 unspecified atom stereocenters. The minimum absolute atomic E-state index is 0.547. The van der Waals surface area contributed by atoms with Crippen LogP contribution in [0.3, 0.4) is 0 Å². The fourth-order valence-corrected chi connectivity index (χ4v) is 3.83. The van der Waals surface area contributed by atoms with Gasteiger partial charge in [0.2, 0.25) is 0 Å². The van der Waals surface area contributed by atoms with Gasteiger partial charge in [0, 0.05) is 19.1 Å². The molecule has 0 aliphatic carbocycles. The molecule has 1 N–H and O–H groups in total. The molecule has 0 saturated carbocycles. The van der Waals surface area contributed by atoms with Crippen LogP contribution in [0.2, 0.25) is 0 Å². The van der Waals surface area contributed by atoms with E-state index in [9.17, 15) is 4.39 Å². The molecule has 172 valence electrons. The van der Waals surface area contributed by atoms with Gasteiger partial charge >= 0.3 is 0 Å². The molecule has 0 amide bonds. The Labute approximate surface area is 192 Å². The van der Waals surface area contributed by atoms with Gasteiger partial charge in [0.1, 0.15) is 23.1 Å². The molecule has 3 rings (SSSR count). The molecule has 6 heteroatoms. The minimum Gasteiger partial charge on any atom is -0.367 e. The van der Waals surface area contributed by atoms with Crippen molar-refractivity contribution < 1.29 is 4.39 Å². The number of rotatable bonds is 7. The number of anilines is 1. The van der Waals surface area contributed by atoms with Gasteiger partial charge in [-0.2, -0.15) is 0 Å². The van der Waals surface area contributed by atoms with E-state index in [-0.39, 0.29) is 0 Å². The Bertz CT molecular complexity index is 805. The number of likely N-dealkylation sites (tertiary alicyclic amines) is 1. The van der Waals surface area contributed by atoms with Crippen LogP contribution >= 0.6 is 11.3 Å². The Morgan fingerprint density at radius 2 is 2.06 bits per heavy atom. The highest BCUT2D eigenvalue weighted by Gasteiger charge is 2.19. The van der Waals surface area contributed by atoms with Gasteiger partial charge in [0.15, 0.2) is 0 Å². The number of halogens is 1. The summed E-state index contributed by atoms with van der Waals surface area (Å²) in [4.78, 5) is 12.2. The molecule has 31 heavy (non-hydrogen) atoms. The number of thiophene rings is 1. The van der Waals surface area contributed by atoms with Gasteiger partial charge in [0.05, 0.1) is 5.39 Å². The van der Waals surface area contributed by atoms with Gasteiger partial charge in [0.25, 0.3) is 0 Å². The predicted octanol–water partition coefficient (Wildman–Crippen LogP) is 7.04. The molecule has 1 atom stereocenters. The third-order valence-electron chi connectivity index (χ3n) is 4.94. The number of hydrogen-bond acceptors (Lipinski definition) is 5. The lowest BCUT2D eigenvalue weighted by atomic mass is 10.1. The van der Waals surface area contributed by atoms with E-state index < -0.39 is 6.17 Å². The zero-order chi connectivity index (χ0) is 23.1. The summed E-state index contributed by atoms with van der Waals surface area (Å²) in [6.45, 7) is 16.9. The normalized spacial score (nSPS) is 16.3. The first-order valence-corrected chi connectivity index (χ1v) is 12.2. The van der Waals surface area contributed by atoms with Gasteiger partial charge in [-0.3, -0.25) is 0 Å². The van der Waals surface area contributed by atoms with Crippen LogP contribution in [0.5, 0.6) is 0 Å². The topological polar surface area (TPSA) is 41.0 Å². The van der Waals surface area contributed by atoms with Gasteiger partial charge in [-0.1, -0.05) is 57.2 Å². The summed E-state index contributed by atoms with van der Waals surface area (Å²) in [5.74, 6) is 0.996. The van der Waals surface area contributed by atoms with E-state index in [1.807, 2.05) is 32.9 Å². The maximum absolute atomic E-state index is 12.2. The van der Waals surface area contributed by atoms with Crippen molar-refractivity contribution in [2.45, 2.75) is 66.1 Å². The summed E-state index contributed by atoms with van der Waals surface area (Å²) in [6, 6.07) is 2.65. The van der Waals surface area contributed by atoms with Crippen LogP contribution in [0, 0.1) is 0 Å². The molecule has 0 bridgehead atoms. The van der Waals surface area contributed by atoms with E-state index in [1.54, 1.807) is 29.8 Å². The highest BCUT2D eigenvalue weighted by Crippen LogP contribution is 2.25. The Balaban J connectivity index is 0.000000321. The predicted molar refractivity (Wildman–Crippen MR) is 136 cm³/mol. The molecule has 2 aromatic rings. The third-order valence-corrected chi connectivity index (χ3v) is 5.76. The molecular weight excluding hydrogens is 407 g/mol. The number of aromatic nitrogens is 2. The number of nitrogens with one attached hydrogen (secondary N) is 1. The first-order chi connectivity index (χ1) is 15.0. The number of hydrogen-bond donors (Lipinski definition) is 1. The lowest BCUT2D eigenvalue weighted by Gasteiger charge is -2.31.